The molecule has 0 amide bonds. The lowest BCUT2D eigenvalue weighted by molar-refractivity contribution is 0.232. The number of nitrogens with one attached hydrogen (secondary N) is 2. The van der Waals surface area contributed by atoms with Crippen molar-refractivity contribution in [1.82, 2.24) is 10.0 Å². The van der Waals surface area contributed by atoms with E-state index in [-0.39, 0.29) is 5.41 Å². The zero-order valence-corrected chi connectivity index (χ0v) is 13.7. The van der Waals surface area contributed by atoms with Gasteiger partial charge in [0.15, 0.2) is 0 Å². The molecule has 2 rings (SSSR count). The maximum absolute atomic E-state index is 12.5. The quantitative estimate of drug-likeness (QED) is 0.868. The molecule has 1 fully saturated rings. The van der Waals surface area contributed by atoms with E-state index in [0.29, 0.717) is 22.8 Å². The summed E-state index contributed by atoms with van der Waals surface area (Å²) in [6, 6.07) is 5.01. The van der Waals surface area contributed by atoms with Crippen LogP contribution in [-0.2, 0) is 10.0 Å². The van der Waals surface area contributed by atoms with E-state index in [1.165, 1.54) is 0 Å². The zero-order chi connectivity index (χ0) is 15.5. The number of rotatable bonds is 5. The summed E-state index contributed by atoms with van der Waals surface area (Å²) >= 11 is 0. The minimum Gasteiger partial charge on any atom is -0.497 e. The first kappa shape index (κ1) is 16.3. The molecule has 1 aromatic rings. The monoisotopic (exact) mass is 312 g/mol. The Labute approximate surface area is 127 Å². The topological polar surface area (TPSA) is 67.4 Å². The van der Waals surface area contributed by atoms with E-state index in [1.807, 2.05) is 0 Å². The molecule has 1 aromatic carbocycles. The van der Waals surface area contributed by atoms with Gasteiger partial charge in [-0.3, -0.25) is 0 Å². The van der Waals surface area contributed by atoms with E-state index in [9.17, 15) is 8.42 Å². The average molecular weight is 312 g/mol. The molecule has 2 N–H and O–H groups in total. The Morgan fingerprint density at radius 1 is 1.33 bits per heavy atom. The zero-order valence-electron chi connectivity index (χ0n) is 12.9. The summed E-state index contributed by atoms with van der Waals surface area (Å²) < 4.78 is 32.8. The first-order chi connectivity index (χ1) is 9.86. The second-order valence-corrected chi connectivity index (χ2v) is 7.75. The lowest BCUT2D eigenvalue weighted by atomic mass is 9.81. The van der Waals surface area contributed by atoms with Crippen molar-refractivity contribution in [3.8, 4) is 5.75 Å². The Bertz CT molecular complexity index is 593. The number of benzene rings is 1. The molecule has 1 heterocycles. The second-order valence-electron chi connectivity index (χ2n) is 6.02. The van der Waals surface area contributed by atoms with Gasteiger partial charge >= 0.3 is 0 Å². The van der Waals surface area contributed by atoms with Crippen molar-refractivity contribution in [2.45, 2.75) is 31.6 Å². The van der Waals surface area contributed by atoms with Crippen LogP contribution in [0.5, 0.6) is 5.75 Å². The number of aryl methyl sites for hydroxylation is 1. The van der Waals surface area contributed by atoms with Gasteiger partial charge in [-0.05, 0) is 62.0 Å². The molecule has 0 atom stereocenters. The first-order valence-electron chi connectivity index (χ1n) is 7.21. The number of hydrogen-bond donors (Lipinski definition) is 2. The molecule has 5 nitrogen and oxygen atoms in total. The highest BCUT2D eigenvalue weighted by atomic mass is 32.2. The molecule has 1 aliphatic heterocycles. The van der Waals surface area contributed by atoms with Crippen LogP contribution in [0, 0.1) is 12.3 Å². The first-order valence-corrected chi connectivity index (χ1v) is 8.70. The Hall–Kier alpha value is -1.11. The molecule has 1 saturated heterocycles. The van der Waals surface area contributed by atoms with Crippen molar-refractivity contribution in [3.63, 3.8) is 0 Å². The third kappa shape index (κ3) is 3.96. The predicted molar refractivity (Wildman–Crippen MR) is 83.1 cm³/mol. The van der Waals surface area contributed by atoms with Crippen molar-refractivity contribution < 1.29 is 13.2 Å². The van der Waals surface area contributed by atoms with E-state index in [1.54, 1.807) is 32.2 Å². The van der Waals surface area contributed by atoms with Gasteiger partial charge in [-0.1, -0.05) is 6.92 Å². The maximum Gasteiger partial charge on any atom is 0.240 e. The van der Waals surface area contributed by atoms with E-state index < -0.39 is 10.0 Å². The smallest absolute Gasteiger partial charge is 0.240 e. The molecule has 118 valence electrons. The normalized spacial score (nSPS) is 18.4. The molecule has 0 unspecified atom stereocenters. The minimum atomic E-state index is -3.48. The van der Waals surface area contributed by atoms with Crippen LogP contribution in [-0.4, -0.2) is 35.2 Å². The molecular weight excluding hydrogens is 288 g/mol. The van der Waals surface area contributed by atoms with Gasteiger partial charge in [0.1, 0.15) is 5.75 Å². The summed E-state index contributed by atoms with van der Waals surface area (Å²) in [5.41, 5.74) is 0.718. The third-order valence-electron chi connectivity index (χ3n) is 4.17. The highest BCUT2D eigenvalue weighted by Gasteiger charge is 2.29. The van der Waals surface area contributed by atoms with Crippen LogP contribution >= 0.6 is 0 Å². The Morgan fingerprint density at radius 2 is 2.00 bits per heavy atom. The molecule has 0 saturated carbocycles. The van der Waals surface area contributed by atoms with Crippen LogP contribution in [0.25, 0.3) is 0 Å². The van der Waals surface area contributed by atoms with Crippen LogP contribution in [0.4, 0.5) is 0 Å². The lowest BCUT2D eigenvalue weighted by Crippen LogP contribution is -2.42. The van der Waals surface area contributed by atoms with Gasteiger partial charge in [0.2, 0.25) is 10.0 Å². The summed E-state index contributed by atoms with van der Waals surface area (Å²) in [7, 11) is -1.91. The van der Waals surface area contributed by atoms with Crippen molar-refractivity contribution in [2.75, 3.05) is 26.7 Å². The molecule has 0 aromatic heterocycles. The summed E-state index contributed by atoms with van der Waals surface area (Å²) in [5, 5.41) is 3.30. The summed E-state index contributed by atoms with van der Waals surface area (Å²) in [6.45, 7) is 6.28. The average Bonchev–Trinajstić information content (AvgIpc) is 2.46. The fourth-order valence-corrected chi connectivity index (χ4v) is 4.03. The molecule has 0 bridgehead atoms. The van der Waals surface area contributed by atoms with Crippen LogP contribution in [0.1, 0.15) is 25.3 Å². The summed E-state index contributed by atoms with van der Waals surface area (Å²) in [6.07, 6.45) is 1.97. The fourth-order valence-electron chi connectivity index (χ4n) is 2.60. The second kappa shape index (κ2) is 6.34. The van der Waals surface area contributed by atoms with Gasteiger partial charge < -0.3 is 10.1 Å². The van der Waals surface area contributed by atoms with E-state index in [0.717, 1.165) is 25.9 Å². The molecule has 21 heavy (non-hydrogen) atoms. The number of piperidine rings is 1. The van der Waals surface area contributed by atoms with Crippen LogP contribution < -0.4 is 14.8 Å². The van der Waals surface area contributed by atoms with Gasteiger partial charge in [-0.25, -0.2) is 13.1 Å². The van der Waals surface area contributed by atoms with Gasteiger partial charge in [0, 0.05) is 6.54 Å². The van der Waals surface area contributed by atoms with Crippen molar-refractivity contribution in [3.05, 3.63) is 23.8 Å². The van der Waals surface area contributed by atoms with Gasteiger partial charge in [0.05, 0.1) is 12.0 Å². The van der Waals surface area contributed by atoms with E-state index in [2.05, 4.69) is 17.0 Å². The molecular formula is C15H24N2O3S. The SMILES string of the molecule is COc1ccc(S(=O)(=O)NCC2(C)CCNCC2)c(C)c1. The van der Waals surface area contributed by atoms with Gasteiger partial charge in [-0.15, -0.1) is 0 Å². The maximum atomic E-state index is 12.5. The Balaban J connectivity index is 2.11. The van der Waals surface area contributed by atoms with Crippen molar-refractivity contribution in [2.24, 2.45) is 5.41 Å². The Morgan fingerprint density at radius 3 is 2.57 bits per heavy atom. The van der Waals surface area contributed by atoms with E-state index in [4.69, 9.17) is 4.74 Å². The van der Waals surface area contributed by atoms with Gasteiger partial charge in [0.25, 0.3) is 0 Å². The predicted octanol–water partition coefficient (Wildman–Crippen LogP) is 1.67. The van der Waals surface area contributed by atoms with E-state index >= 15 is 0 Å². The van der Waals surface area contributed by atoms with Crippen LogP contribution in [0.3, 0.4) is 0 Å². The van der Waals surface area contributed by atoms with Crippen molar-refractivity contribution >= 4 is 10.0 Å². The lowest BCUT2D eigenvalue weighted by Gasteiger charge is -2.34. The number of ether oxygens (including phenoxy) is 1. The molecule has 0 radical (unpaired) electrons. The minimum absolute atomic E-state index is 0.0265. The summed E-state index contributed by atoms with van der Waals surface area (Å²) in [5.74, 6) is 0.664. The van der Waals surface area contributed by atoms with Crippen molar-refractivity contribution in [1.29, 1.82) is 0 Å². The largest absolute Gasteiger partial charge is 0.497 e. The Kier molecular flexibility index (Phi) is 4.91. The highest BCUT2D eigenvalue weighted by Crippen LogP contribution is 2.28. The standard InChI is InChI=1S/C15H24N2O3S/c1-12-10-13(20-3)4-5-14(12)21(18,19)17-11-15(2)6-8-16-9-7-15/h4-5,10,16-17H,6-9,11H2,1-3H3. The van der Waals surface area contributed by atoms with Crippen LogP contribution in [0.15, 0.2) is 23.1 Å². The fraction of sp³-hybridized carbons (Fsp3) is 0.600. The summed E-state index contributed by atoms with van der Waals surface area (Å²) in [4.78, 5) is 0.320. The molecule has 6 heteroatoms. The van der Waals surface area contributed by atoms with Gasteiger partial charge in [-0.2, -0.15) is 0 Å². The molecule has 0 aliphatic carbocycles. The molecule has 0 spiro atoms. The number of sulfonamides is 1. The van der Waals surface area contributed by atoms with Crippen LogP contribution in [0.2, 0.25) is 0 Å². The highest BCUT2D eigenvalue weighted by molar-refractivity contribution is 7.89. The third-order valence-corrected chi connectivity index (χ3v) is 5.73. The number of methoxy groups -OCH3 is 1. The molecule has 1 aliphatic rings. The number of hydrogen-bond acceptors (Lipinski definition) is 4.